The fraction of sp³-hybridized carbons (Fsp3) is 0.692. The lowest BCUT2D eigenvalue weighted by Gasteiger charge is -2.22. The molecular weight excluding hydrogens is 202 g/mol. The fourth-order valence-electron chi connectivity index (χ4n) is 2.73. The molecular formula is C13H21NS. The van der Waals surface area contributed by atoms with E-state index in [0.717, 1.165) is 12.0 Å². The Bertz CT molecular complexity index is 262. The van der Waals surface area contributed by atoms with Crippen LogP contribution in [0.15, 0.2) is 16.8 Å². The van der Waals surface area contributed by atoms with Crippen LogP contribution in [0.2, 0.25) is 0 Å². The first-order valence-corrected chi connectivity index (χ1v) is 7.03. The van der Waals surface area contributed by atoms with E-state index in [-0.39, 0.29) is 0 Å². The van der Waals surface area contributed by atoms with Gasteiger partial charge in [-0.1, -0.05) is 12.8 Å². The lowest BCUT2D eigenvalue weighted by Crippen LogP contribution is -2.32. The summed E-state index contributed by atoms with van der Waals surface area (Å²) < 4.78 is 0. The maximum absolute atomic E-state index is 3.51. The van der Waals surface area contributed by atoms with Crippen molar-refractivity contribution in [1.29, 1.82) is 0 Å². The van der Waals surface area contributed by atoms with Gasteiger partial charge in [0.15, 0.2) is 0 Å². The number of nitrogens with one attached hydrogen (secondary N) is 1. The molecule has 1 heterocycles. The monoisotopic (exact) mass is 223 g/mol. The molecule has 1 atom stereocenters. The van der Waals surface area contributed by atoms with Crippen molar-refractivity contribution in [3.8, 4) is 0 Å². The number of rotatable bonds is 5. The first-order chi connectivity index (χ1) is 7.40. The number of hydrogen-bond donors (Lipinski definition) is 1. The third-order valence-corrected chi connectivity index (χ3v) is 4.40. The quantitative estimate of drug-likeness (QED) is 0.806. The van der Waals surface area contributed by atoms with Crippen molar-refractivity contribution in [2.45, 2.75) is 44.6 Å². The molecule has 15 heavy (non-hydrogen) atoms. The molecule has 0 aliphatic heterocycles. The Morgan fingerprint density at radius 1 is 1.47 bits per heavy atom. The van der Waals surface area contributed by atoms with Gasteiger partial charge in [0.25, 0.3) is 0 Å². The molecule has 1 aromatic rings. The zero-order valence-corrected chi connectivity index (χ0v) is 10.4. The Morgan fingerprint density at radius 3 is 2.87 bits per heavy atom. The molecule has 1 aromatic heterocycles. The van der Waals surface area contributed by atoms with Gasteiger partial charge in [0, 0.05) is 6.04 Å². The minimum atomic E-state index is 0.743. The molecule has 2 rings (SSSR count). The van der Waals surface area contributed by atoms with Crippen molar-refractivity contribution in [2.75, 3.05) is 7.05 Å². The van der Waals surface area contributed by atoms with Crippen molar-refractivity contribution in [3.05, 3.63) is 22.4 Å². The van der Waals surface area contributed by atoms with Crippen LogP contribution in [0.3, 0.4) is 0 Å². The lowest BCUT2D eigenvalue weighted by molar-refractivity contribution is 0.360. The highest BCUT2D eigenvalue weighted by molar-refractivity contribution is 7.07. The van der Waals surface area contributed by atoms with E-state index in [1.54, 1.807) is 0 Å². The average molecular weight is 223 g/mol. The Labute approximate surface area is 96.9 Å². The second-order valence-corrected chi connectivity index (χ2v) is 5.39. The highest BCUT2D eigenvalue weighted by atomic mass is 32.1. The number of hydrogen-bond acceptors (Lipinski definition) is 2. The van der Waals surface area contributed by atoms with Crippen LogP contribution in [0, 0.1) is 5.92 Å². The third kappa shape index (κ3) is 3.05. The molecule has 1 unspecified atom stereocenters. The highest BCUT2D eigenvalue weighted by Gasteiger charge is 2.23. The first-order valence-electron chi connectivity index (χ1n) is 6.08. The van der Waals surface area contributed by atoms with Gasteiger partial charge < -0.3 is 5.32 Å². The molecule has 1 nitrogen and oxygen atoms in total. The van der Waals surface area contributed by atoms with E-state index in [1.807, 2.05) is 11.3 Å². The molecule has 0 spiro atoms. The third-order valence-electron chi connectivity index (χ3n) is 3.66. The molecule has 0 saturated heterocycles. The zero-order valence-electron chi connectivity index (χ0n) is 9.54. The normalized spacial score (nSPS) is 19.5. The molecule has 1 aliphatic carbocycles. The van der Waals surface area contributed by atoms with Crippen LogP contribution < -0.4 is 5.32 Å². The highest BCUT2D eigenvalue weighted by Crippen LogP contribution is 2.29. The van der Waals surface area contributed by atoms with Gasteiger partial charge in [-0.25, -0.2) is 0 Å². The van der Waals surface area contributed by atoms with E-state index in [1.165, 1.54) is 44.1 Å². The number of thiophene rings is 1. The Kier molecular flexibility index (Phi) is 4.21. The Balaban J connectivity index is 1.80. The van der Waals surface area contributed by atoms with E-state index < -0.39 is 0 Å². The van der Waals surface area contributed by atoms with Gasteiger partial charge in [-0.05, 0) is 61.0 Å². The predicted molar refractivity (Wildman–Crippen MR) is 67.4 cm³/mol. The van der Waals surface area contributed by atoms with Gasteiger partial charge in [0.1, 0.15) is 0 Å². The van der Waals surface area contributed by atoms with Gasteiger partial charge >= 0.3 is 0 Å². The molecule has 0 radical (unpaired) electrons. The molecule has 0 amide bonds. The van der Waals surface area contributed by atoms with Crippen molar-refractivity contribution < 1.29 is 0 Å². The molecule has 84 valence electrons. The van der Waals surface area contributed by atoms with E-state index in [9.17, 15) is 0 Å². The van der Waals surface area contributed by atoms with E-state index in [4.69, 9.17) is 0 Å². The fourth-order valence-corrected chi connectivity index (χ4v) is 3.44. The van der Waals surface area contributed by atoms with Gasteiger partial charge in [0.2, 0.25) is 0 Å². The maximum Gasteiger partial charge on any atom is 0.00954 e. The zero-order chi connectivity index (χ0) is 10.5. The van der Waals surface area contributed by atoms with Gasteiger partial charge in [-0.3, -0.25) is 0 Å². The number of aryl methyl sites for hydroxylation is 1. The van der Waals surface area contributed by atoms with Crippen LogP contribution in [-0.4, -0.2) is 13.1 Å². The second kappa shape index (κ2) is 5.66. The van der Waals surface area contributed by atoms with E-state index in [2.05, 4.69) is 29.2 Å². The molecule has 1 aliphatic rings. The van der Waals surface area contributed by atoms with Crippen molar-refractivity contribution in [3.63, 3.8) is 0 Å². The summed E-state index contributed by atoms with van der Waals surface area (Å²) in [6.45, 7) is 0. The largest absolute Gasteiger partial charge is 0.317 e. The summed E-state index contributed by atoms with van der Waals surface area (Å²) in [5.74, 6) is 0.939. The molecule has 0 bridgehead atoms. The smallest absolute Gasteiger partial charge is 0.00954 e. The first kappa shape index (κ1) is 11.2. The van der Waals surface area contributed by atoms with E-state index >= 15 is 0 Å². The standard InChI is InChI=1S/C13H21NS/c1-14-13(12-4-2-3-5-12)7-6-11-8-9-15-10-11/h8-10,12-14H,2-7H2,1H3. The summed E-state index contributed by atoms with van der Waals surface area (Å²) >= 11 is 1.81. The lowest BCUT2D eigenvalue weighted by atomic mass is 9.93. The van der Waals surface area contributed by atoms with Crippen molar-refractivity contribution >= 4 is 11.3 Å². The summed E-state index contributed by atoms with van der Waals surface area (Å²) in [6.07, 6.45) is 8.32. The van der Waals surface area contributed by atoms with Crippen molar-refractivity contribution in [2.24, 2.45) is 5.92 Å². The summed E-state index contributed by atoms with van der Waals surface area (Å²) in [5, 5.41) is 7.97. The van der Waals surface area contributed by atoms with Crippen LogP contribution >= 0.6 is 11.3 Å². The van der Waals surface area contributed by atoms with Crippen LogP contribution in [0.1, 0.15) is 37.7 Å². The summed E-state index contributed by atoms with van der Waals surface area (Å²) in [5.41, 5.74) is 1.51. The molecule has 2 heteroatoms. The van der Waals surface area contributed by atoms with Crippen molar-refractivity contribution in [1.82, 2.24) is 5.32 Å². The molecule has 1 saturated carbocycles. The average Bonchev–Trinajstić information content (AvgIpc) is 2.90. The predicted octanol–water partition coefficient (Wildman–Crippen LogP) is 3.46. The van der Waals surface area contributed by atoms with Gasteiger partial charge in [-0.15, -0.1) is 0 Å². The second-order valence-electron chi connectivity index (χ2n) is 4.61. The van der Waals surface area contributed by atoms with Gasteiger partial charge in [-0.2, -0.15) is 11.3 Å². The minimum absolute atomic E-state index is 0.743. The summed E-state index contributed by atoms with van der Waals surface area (Å²) in [6, 6.07) is 3.00. The van der Waals surface area contributed by atoms with Crippen LogP contribution in [0.25, 0.3) is 0 Å². The van der Waals surface area contributed by atoms with Crippen LogP contribution in [0.4, 0.5) is 0 Å². The van der Waals surface area contributed by atoms with Crippen LogP contribution in [0.5, 0.6) is 0 Å². The SMILES string of the molecule is CNC(CCc1ccsc1)C1CCCC1. The summed E-state index contributed by atoms with van der Waals surface area (Å²) in [4.78, 5) is 0. The molecule has 1 N–H and O–H groups in total. The summed E-state index contributed by atoms with van der Waals surface area (Å²) in [7, 11) is 2.12. The Morgan fingerprint density at radius 2 is 2.27 bits per heavy atom. The van der Waals surface area contributed by atoms with Crippen LogP contribution in [-0.2, 0) is 6.42 Å². The maximum atomic E-state index is 3.51. The van der Waals surface area contributed by atoms with Gasteiger partial charge in [0.05, 0.1) is 0 Å². The topological polar surface area (TPSA) is 12.0 Å². The molecule has 0 aromatic carbocycles. The Hall–Kier alpha value is -0.340. The minimum Gasteiger partial charge on any atom is -0.317 e. The molecule has 1 fully saturated rings. The van der Waals surface area contributed by atoms with E-state index in [0.29, 0.717) is 0 Å².